The number of pyridine rings is 2. The molecule has 0 unspecified atom stereocenters. The van der Waals surface area contributed by atoms with Gasteiger partial charge in [-0.15, -0.1) is 0 Å². The van der Waals surface area contributed by atoms with Crippen LogP contribution in [0.2, 0.25) is 0 Å². The zero-order valence-electron chi connectivity index (χ0n) is 13.4. The predicted octanol–water partition coefficient (Wildman–Crippen LogP) is 1.72. The van der Waals surface area contributed by atoms with Crippen LogP contribution in [0.25, 0.3) is 38.1 Å². The lowest BCUT2D eigenvalue weighted by atomic mass is 10.1. The van der Waals surface area contributed by atoms with Gasteiger partial charge in [0, 0.05) is 27.7 Å². The van der Waals surface area contributed by atoms with E-state index in [-0.39, 0.29) is 5.56 Å². The van der Waals surface area contributed by atoms with E-state index in [1.54, 1.807) is 34.9 Å². The Morgan fingerprint density at radius 3 is 2.65 bits per heavy atom. The monoisotopic (exact) mass is 343 g/mol. The average Bonchev–Trinajstić information content (AvgIpc) is 2.99. The largest absolute Gasteiger partial charge is 0.546 e. The van der Waals surface area contributed by atoms with Crippen LogP contribution in [0.3, 0.4) is 0 Å². The fourth-order valence-electron chi connectivity index (χ4n) is 3.58. The SMILES string of the molecule is O=C([O-])COc1ccc2c(c1)c1ccnc3c4ccccc4c(=O)n2c13. The number of hydrogen-bond acceptors (Lipinski definition) is 5. The topological polar surface area (TPSA) is 83.7 Å². The van der Waals surface area contributed by atoms with Crippen LogP contribution in [0.1, 0.15) is 0 Å². The Bertz CT molecular complexity index is 1390. The van der Waals surface area contributed by atoms with Gasteiger partial charge in [0.2, 0.25) is 0 Å². The van der Waals surface area contributed by atoms with E-state index in [1.165, 1.54) is 0 Å². The van der Waals surface area contributed by atoms with Gasteiger partial charge >= 0.3 is 0 Å². The Hall–Kier alpha value is -3.67. The van der Waals surface area contributed by atoms with Crippen molar-refractivity contribution in [3.05, 3.63) is 65.1 Å². The molecule has 6 heteroatoms. The molecule has 0 bridgehead atoms. The van der Waals surface area contributed by atoms with Crippen molar-refractivity contribution in [2.75, 3.05) is 6.61 Å². The van der Waals surface area contributed by atoms with E-state index in [4.69, 9.17) is 4.74 Å². The van der Waals surface area contributed by atoms with Crippen molar-refractivity contribution in [3.63, 3.8) is 0 Å². The van der Waals surface area contributed by atoms with Gasteiger partial charge in [0.15, 0.2) is 0 Å². The van der Waals surface area contributed by atoms with Crippen molar-refractivity contribution in [2.24, 2.45) is 0 Å². The highest BCUT2D eigenvalue weighted by Crippen LogP contribution is 2.34. The minimum Gasteiger partial charge on any atom is -0.546 e. The first kappa shape index (κ1) is 14.7. The van der Waals surface area contributed by atoms with Gasteiger partial charge in [-0.25, -0.2) is 0 Å². The summed E-state index contributed by atoms with van der Waals surface area (Å²) in [6, 6.07) is 14.4. The standard InChI is InChI=1S/C20H12N2O4/c23-17(24)10-26-11-5-6-16-15(9-11)13-7-8-21-18-12-3-1-2-4-14(12)20(25)22(16)19(13)18/h1-9H,10H2,(H,23,24)/p-1. The van der Waals surface area contributed by atoms with E-state index in [1.807, 2.05) is 24.3 Å². The second kappa shape index (κ2) is 5.16. The Labute approximate surface area is 146 Å². The van der Waals surface area contributed by atoms with Crippen LogP contribution in [-0.2, 0) is 4.79 Å². The Kier molecular flexibility index (Phi) is 2.91. The maximum atomic E-state index is 13.1. The van der Waals surface area contributed by atoms with Crippen molar-refractivity contribution < 1.29 is 14.6 Å². The Balaban J connectivity index is 1.95. The number of aromatic nitrogens is 2. The number of rotatable bonds is 3. The first-order chi connectivity index (χ1) is 12.6. The molecular weight excluding hydrogens is 332 g/mol. The Morgan fingerprint density at radius 1 is 1.04 bits per heavy atom. The van der Waals surface area contributed by atoms with Gasteiger partial charge in [0.1, 0.15) is 12.4 Å². The van der Waals surface area contributed by atoms with Crippen molar-refractivity contribution >= 4 is 44.1 Å². The summed E-state index contributed by atoms with van der Waals surface area (Å²) in [5.74, 6) is -0.883. The van der Waals surface area contributed by atoms with E-state index in [9.17, 15) is 14.7 Å². The molecule has 2 aromatic carbocycles. The fourth-order valence-corrected chi connectivity index (χ4v) is 3.58. The Morgan fingerprint density at radius 2 is 1.85 bits per heavy atom. The van der Waals surface area contributed by atoms with E-state index >= 15 is 0 Å². The molecule has 26 heavy (non-hydrogen) atoms. The number of carbonyl (C=O) groups is 1. The van der Waals surface area contributed by atoms with E-state index in [0.717, 1.165) is 32.7 Å². The van der Waals surface area contributed by atoms with E-state index in [2.05, 4.69) is 4.98 Å². The highest BCUT2D eigenvalue weighted by atomic mass is 16.5. The summed E-state index contributed by atoms with van der Waals surface area (Å²) in [4.78, 5) is 28.2. The molecule has 0 radical (unpaired) electrons. The quantitative estimate of drug-likeness (QED) is 0.466. The maximum absolute atomic E-state index is 13.1. The van der Waals surface area contributed by atoms with E-state index < -0.39 is 12.6 Å². The van der Waals surface area contributed by atoms with Crippen LogP contribution >= 0.6 is 0 Å². The van der Waals surface area contributed by atoms with Crippen molar-refractivity contribution in [3.8, 4) is 5.75 Å². The third-order valence-corrected chi connectivity index (χ3v) is 4.62. The van der Waals surface area contributed by atoms with Gasteiger partial charge in [-0.2, -0.15) is 0 Å². The molecule has 0 saturated heterocycles. The number of hydrogen-bond donors (Lipinski definition) is 0. The highest BCUT2D eigenvalue weighted by Gasteiger charge is 2.17. The molecule has 5 rings (SSSR count). The predicted molar refractivity (Wildman–Crippen MR) is 95.7 cm³/mol. The molecule has 0 aliphatic heterocycles. The summed E-state index contributed by atoms with van der Waals surface area (Å²) >= 11 is 0. The first-order valence-electron chi connectivity index (χ1n) is 8.05. The van der Waals surface area contributed by atoms with E-state index in [0.29, 0.717) is 11.1 Å². The van der Waals surface area contributed by atoms with Gasteiger partial charge in [-0.3, -0.25) is 14.2 Å². The summed E-state index contributed by atoms with van der Waals surface area (Å²) < 4.78 is 6.89. The molecule has 0 fully saturated rings. The van der Waals surface area contributed by atoms with Gasteiger partial charge < -0.3 is 14.6 Å². The number of nitrogens with zero attached hydrogens (tertiary/aromatic N) is 2. The van der Waals surface area contributed by atoms with Crippen LogP contribution in [0.15, 0.2) is 59.5 Å². The number of ether oxygens (including phenoxy) is 1. The number of benzene rings is 2. The maximum Gasteiger partial charge on any atom is 0.263 e. The average molecular weight is 343 g/mol. The molecule has 6 nitrogen and oxygen atoms in total. The van der Waals surface area contributed by atoms with Gasteiger partial charge in [0.25, 0.3) is 5.56 Å². The van der Waals surface area contributed by atoms with Crippen LogP contribution in [0.5, 0.6) is 5.75 Å². The minimum absolute atomic E-state index is 0.107. The van der Waals surface area contributed by atoms with Crippen LogP contribution in [0, 0.1) is 0 Å². The third-order valence-electron chi connectivity index (χ3n) is 4.62. The zero-order valence-corrected chi connectivity index (χ0v) is 13.4. The molecule has 0 N–H and O–H groups in total. The summed E-state index contributed by atoms with van der Waals surface area (Å²) in [6.07, 6.45) is 1.71. The van der Waals surface area contributed by atoms with Crippen molar-refractivity contribution in [1.82, 2.24) is 9.38 Å². The number of fused-ring (bicyclic) bond motifs is 5. The van der Waals surface area contributed by atoms with Gasteiger partial charge in [-0.1, -0.05) is 18.2 Å². The molecule has 0 spiro atoms. The van der Waals surface area contributed by atoms with Crippen molar-refractivity contribution in [1.29, 1.82) is 0 Å². The van der Waals surface area contributed by atoms with Crippen molar-refractivity contribution in [2.45, 2.75) is 0 Å². The molecular formula is C20H11N2O4-. The highest BCUT2D eigenvalue weighted by molar-refractivity contribution is 6.18. The molecule has 3 heterocycles. The molecule has 0 aliphatic carbocycles. The first-order valence-corrected chi connectivity index (χ1v) is 8.05. The summed E-state index contributed by atoms with van der Waals surface area (Å²) in [6.45, 7) is -0.526. The number of carbonyl (C=O) groups excluding carboxylic acids is 1. The lowest BCUT2D eigenvalue weighted by molar-refractivity contribution is -0.307. The molecule has 0 saturated carbocycles. The molecule has 5 aromatic rings. The fraction of sp³-hybridized carbons (Fsp3) is 0.0500. The molecule has 0 atom stereocenters. The smallest absolute Gasteiger partial charge is 0.263 e. The zero-order chi connectivity index (χ0) is 17.8. The van der Waals surface area contributed by atoms with Gasteiger partial charge in [-0.05, 0) is 30.3 Å². The normalized spacial score (nSPS) is 11.7. The summed E-state index contributed by atoms with van der Waals surface area (Å²) in [7, 11) is 0. The van der Waals surface area contributed by atoms with Crippen LogP contribution in [-0.4, -0.2) is 22.0 Å². The molecule has 0 aliphatic rings. The third kappa shape index (κ3) is 1.89. The minimum atomic E-state index is -1.29. The molecule has 126 valence electrons. The number of aliphatic carboxylic acids is 1. The lowest BCUT2D eigenvalue weighted by Gasteiger charge is -2.06. The van der Waals surface area contributed by atoms with Crippen LogP contribution in [0.4, 0.5) is 0 Å². The summed E-state index contributed by atoms with van der Waals surface area (Å²) in [5.41, 5.74) is 2.13. The number of carboxylic acids is 1. The summed E-state index contributed by atoms with van der Waals surface area (Å²) in [5, 5.41) is 13.7. The lowest BCUT2D eigenvalue weighted by Crippen LogP contribution is -2.28. The molecule has 0 amide bonds. The second-order valence-electron chi connectivity index (χ2n) is 6.08. The number of carboxylic acid groups (broad SMARTS) is 1. The molecule has 3 aromatic heterocycles. The second-order valence-corrected chi connectivity index (χ2v) is 6.08. The van der Waals surface area contributed by atoms with Gasteiger partial charge in [0.05, 0.1) is 22.5 Å². The van der Waals surface area contributed by atoms with Crippen LogP contribution < -0.4 is 15.4 Å².